The molecule has 0 heterocycles. The van der Waals surface area contributed by atoms with E-state index >= 15 is 0 Å². The second kappa shape index (κ2) is 6.30. The summed E-state index contributed by atoms with van der Waals surface area (Å²) in [6, 6.07) is 2.30. The molecule has 0 aromatic carbocycles. The minimum absolute atomic E-state index is 0.0164. The van der Waals surface area contributed by atoms with Gasteiger partial charge in [0.25, 0.3) is 0 Å². The van der Waals surface area contributed by atoms with Gasteiger partial charge in [0.15, 0.2) is 0 Å². The lowest BCUT2D eigenvalue weighted by molar-refractivity contribution is -0.122. The van der Waals surface area contributed by atoms with Gasteiger partial charge in [0, 0.05) is 12.8 Å². The quantitative estimate of drug-likeness (QED) is 0.584. The Morgan fingerprint density at radius 1 is 1.59 bits per heavy atom. The average Bonchev–Trinajstić information content (AvgIpc) is 2.67. The lowest BCUT2D eigenvalue weighted by atomic mass is 9.89. The van der Waals surface area contributed by atoms with Gasteiger partial charge in [0.2, 0.25) is 5.91 Å². The number of nitriles is 1. The summed E-state index contributed by atoms with van der Waals surface area (Å²) in [5.74, 6) is 2.79. The second-order valence-electron chi connectivity index (χ2n) is 4.84. The summed E-state index contributed by atoms with van der Waals surface area (Å²) < 4.78 is 0. The first kappa shape index (κ1) is 13.6. The van der Waals surface area contributed by atoms with Crippen LogP contribution in [0.1, 0.15) is 51.9 Å². The lowest BCUT2D eigenvalue weighted by Gasteiger charge is -2.27. The van der Waals surface area contributed by atoms with Crippen molar-refractivity contribution in [3.05, 3.63) is 0 Å². The van der Waals surface area contributed by atoms with E-state index in [0.29, 0.717) is 12.8 Å². The fourth-order valence-electron chi connectivity index (χ4n) is 2.38. The number of carbonyl (C=O) groups is 1. The van der Waals surface area contributed by atoms with Gasteiger partial charge in [-0.15, -0.1) is 12.3 Å². The van der Waals surface area contributed by atoms with Crippen LogP contribution >= 0.6 is 0 Å². The number of carbonyl (C=O) groups excluding carboxylic acids is 1. The maximum Gasteiger partial charge on any atom is 0.221 e. The van der Waals surface area contributed by atoms with E-state index in [0.717, 1.165) is 32.1 Å². The first-order chi connectivity index (χ1) is 8.14. The minimum Gasteiger partial charge on any atom is -0.338 e. The van der Waals surface area contributed by atoms with Gasteiger partial charge in [-0.25, -0.2) is 0 Å². The van der Waals surface area contributed by atoms with Crippen molar-refractivity contribution >= 4 is 5.91 Å². The van der Waals surface area contributed by atoms with Gasteiger partial charge in [-0.1, -0.05) is 6.92 Å². The summed E-state index contributed by atoms with van der Waals surface area (Å²) in [4.78, 5) is 11.8. The molecule has 1 fully saturated rings. The van der Waals surface area contributed by atoms with E-state index in [1.54, 1.807) is 0 Å². The molecule has 92 valence electrons. The summed E-state index contributed by atoms with van der Waals surface area (Å²) in [7, 11) is 0. The zero-order chi connectivity index (χ0) is 12.7. The van der Waals surface area contributed by atoms with Crippen molar-refractivity contribution in [3.8, 4) is 18.4 Å². The van der Waals surface area contributed by atoms with Crippen molar-refractivity contribution < 1.29 is 4.79 Å². The SMILES string of the molecule is C#CCCCCC(=O)NC1(C#N)CCCC1C. The van der Waals surface area contributed by atoms with Gasteiger partial charge in [-0.2, -0.15) is 5.26 Å². The van der Waals surface area contributed by atoms with Crippen molar-refractivity contribution in [2.45, 2.75) is 57.4 Å². The van der Waals surface area contributed by atoms with Gasteiger partial charge in [0.05, 0.1) is 6.07 Å². The van der Waals surface area contributed by atoms with Crippen LogP contribution in [0.3, 0.4) is 0 Å². The number of amides is 1. The van der Waals surface area contributed by atoms with Gasteiger partial charge in [0.1, 0.15) is 5.54 Å². The molecule has 1 amide bonds. The number of terminal acetylenes is 1. The Labute approximate surface area is 104 Å². The zero-order valence-electron chi connectivity index (χ0n) is 10.5. The molecule has 1 aliphatic rings. The average molecular weight is 232 g/mol. The molecule has 3 heteroatoms. The van der Waals surface area contributed by atoms with E-state index in [1.165, 1.54) is 0 Å². The molecule has 17 heavy (non-hydrogen) atoms. The summed E-state index contributed by atoms with van der Waals surface area (Å²) in [6.07, 6.45) is 10.8. The number of nitrogens with zero attached hydrogens (tertiary/aromatic N) is 1. The predicted molar refractivity (Wildman–Crippen MR) is 66.8 cm³/mol. The van der Waals surface area contributed by atoms with Crippen LogP contribution in [0.2, 0.25) is 0 Å². The number of hydrogen-bond acceptors (Lipinski definition) is 2. The van der Waals surface area contributed by atoms with Crippen LogP contribution in [0.5, 0.6) is 0 Å². The van der Waals surface area contributed by atoms with Crippen molar-refractivity contribution in [2.75, 3.05) is 0 Å². The van der Waals surface area contributed by atoms with E-state index < -0.39 is 5.54 Å². The maximum absolute atomic E-state index is 11.8. The van der Waals surface area contributed by atoms with Crippen LogP contribution in [0.4, 0.5) is 0 Å². The lowest BCUT2D eigenvalue weighted by Crippen LogP contribution is -2.49. The van der Waals surface area contributed by atoms with Crippen LogP contribution in [0, 0.1) is 29.6 Å². The van der Waals surface area contributed by atoms with E-state index in [1.807, 2.05) is 6.92 Å². The fraction of sp³-hybridized carbons (Fsp3) is 0.714. The van der Waals surface area contributed by atoms with Crippen LogP contribution in [0.15, 0.2) is 0 Å². The van der Waals surface area contributed by atoms with Gasteiger partial charge < -0.3 is 5.32 Å². The fourth-order valence-corrected chi connectivity index (χ4v) is 2.38. The van der Waals surface area contributed by atoms with Crippen molar-refractivity contribution in [1.82, 2.24) is 5.32 Å². The molecule has 1 aliphatic carbocycles. The number of nitrogens with one attached hydrogen (secondary N) is 1. The van der Waals surface area contributed by atoms with Crippen molar-refractivity contribution in [2.24, 2.45) is 5.92 Å². The predicted octanol–water partition coefficient (Wildman–Crippen LogP) is 2.38. The Morgan fingerprint density at radius 2 is 2.35 bits per heavy atom. The molecular formula is C14H20N2O. The van der Waals surface area contributed by atoms with E-state index in [9.17, 15) is 10.1 Å². The van der Waals surface area contributed by atoms with Crippen LogP contribution in [0.25, 0.3) is 0 Å². The summed E-state index contributed by atoms with van der Waals surface area (Å²) in [5.41, 5.74) is -0.622. The second-order valence-corrected chi connectivity index (χ2v) is 4.84. The molecule has 2 atom stereocenters. The Balaban J connectivity index is 2.39. The molecule has 1 rings (SSSR count). The third kappa shape index (κ3) is 3.49. The molecule has 0 bridgehead atoms. The highest BCUT2D eigenvalue weighted by molar-refractivity contribution is 5.77. The maximum atomic E-state index is 11.8. The number of rotatable bonds is 5. The van der Waals surface area contributed by atoms with Gasteiger partial charge in [-0.3, -0.25) is 4.79 Å². The molecular weight excluding hydrogens is 212 g/mol. The molecule has 0 aromatic rings. The number of hydrogen-bond donors (Lipinski definition) is 1. The van der Waals surface area contributed by atoms with Crippen LogP contribution in [-0.2, 0) is 4.79 Å². The van der Waals surface area contributed by atoms with Crippen LogP contribution < -0.4 is 5.32 Å². The highest BCUT2D eigenvalue weighted by atomic mass is 16.1. The standard InChI is InChI=1S/C14H20N2O/c1-3-4-5-6-9-13(17)16-14(11-15)10-7-8-12(14)2/h1,12H,4-10H2,2H3,(H,16,17). The molecule has 2 unspecified atom stereocenters. The Kier molecular flexibility index (Phi) is 5.04. The van der Waals surface area contributed by atoms with E-state index in [2.05, 4.69) is 17.3 Å². The van der Waals surface area contributed by atoms with Gasteiger partial charge in [-0.05, 0) is 38.0 Å². The minimum atomic E-state index is -0.622. The molecule has 3 nitrogen and oxygen atoms in total. The Morgan fingerprint density at radius 3 is 2.88 bits per heavy atom. The summed E-state index contributed by atoms with van der Waals surface area (Å²) in [6.45, 7) is 2.04. The largest absolute Gasteiger partial charge is 0.338 e. The Bertz CT molecular complexity index is 350. The Hall–Kier alpha value is -1.48. The topological polar surface area (TPSA) is 52.9 Å². The van der Waals surface area contributed by atoms with E-state index in [-0.39, 0.29) is 11.8 Å². The monoisotopic (exact) mass is 232 g/mol. The normalized spacial score (nSPS) is 27.1. The van der Waals surface area contributed by atoms with Crippen molar-refractivity contribution in [1.29, 1.82) is 5.26 Å². The highest BCUT2D eigenvalue weighted by Gasteiger charge is 2.41. The molecule has 1 saturated carbocycles. The molecule has 0 saturated heterocycles. The van der Waals surface area contributed by atoms with Crippen LogP contribution in [-0.4, -0.2) is 11.4 Å². The smallest absolute Gasteiger partial charge is 0.221 e. The van der Waals surface area contributed by atoms with Crippen molar-refractivity contribution in [3.63, 3.8) is 0 Å². The number of unbranched alkanes of at least 4 members (excludes halogenated alkanes) is 2. The van der Waals surface area contributed by atoms with Gasteiger partial charge >= 0.3 is 0 Å². The highest BCUT2D eigenvalue weighted by Crippen LogP contribution is 2.34. The third-order valence-electron chi connectivity index (χ3n) is 3.59. The summed E-state index contributed by atoms with van der Waals surface area (Å²) in [5, 5.41) is 12.2. The first-order valence-corrected chi connectivity index (χ1v) is 6.30. The molecule has 0 aliphatic heterocycles. The third-order valence-corrected chi connectivity index (χ3v) is 3.59. The molecule has 1 N–H and O–H groups in total. The molecule has 0 aromatic heterocycles. The molecule has 0 radical (unpaired) electrons. The first-order valence-electron chi connectivity index (χ1n) is 6.30. The zero-order valence-corrected chi connectivity index (χ0v) is 10.5. The summed E-state index contributed by atoms with van der Waals surface area (Å²) >= 11 is 0. The molecule has 0 spiro atoms. The van der Waals surface area contributed by atoms with E-state index in [4.69, 9.17) is 6.42 Å².